The molecular formula is C22H23N3O3. The standard InChI is InChI=1S/C22H23N3O3/c1-27-19-11-5-16(6-12-19)21-20(15-23-28-21)22(26)24-17-7-9-18(10-8-17)25-13-3-2-4-14-25/h5-12,15H,2-4,13-14H2,1H3,(H,24,26). The molecule has 1 saturated heterocycles. The van der Waals surface area contributed by atoms with Gasteiger partial charge in [-0.1, -0.05) is 5.16 Å². The Morgan fingerprint density at radius 1 is 1.04 bits per heavy atom. The van der Waals surface area contributed by atoms with Crippen molar-refractivity contribution in [3.8, 4) is 17.1 Å². The van der Waals surface area contributed by atoms with Crippen molar-refractivity contribution in [2.45, 2.75) is 19.3 Å². The molecule has 144 valence electrons. The summed E-state index contributed by atoms with van der Waals surface area (Å²) in [5.41, 5.74) is 3.10. The molecule has 2 heterocycles. The highest BCUT2D eigenvalue weighted by Gasteiger charge is 2.18. The molecule has 0 atom stereocenters. The predicted octanol–water partition coefficient (Wildman–Crippen LogP) is 4.59. The highest BCUT2D eigenvalue weighted by atomic mass is 16.5. The van der Waals surface area contributed by atoms with E-state index in [0.717, 1.165) is 30.1 Å². The smallest absolute Gasteiger partial charge is 0.261 e. The fraction of sp³-hybridized carbons (Fsp3) is 0.273. The van der Waals surface area contributed by atoms with E-state index in [4.69, 9.17) is 9.26 Å². The fourth-order valence-corrected chi connectivity index (χ4v) is 3.46. The average Bonchev–Trinajstić information content (AvgIpc) is 3.25. The third kappa shape index (κ3) is 3.86. The third-order valence-corrected chi connectivity index (χ3v) is 5.01. The van der Waals surface area contributed by atoms with Gasteiger partial charge >= 0.3 is 0 Å². The molecule has 0 radical (unpaired) electrons. The van der Waals surface area contributed by atoms with Gasteiger partial charge in [0.25, 0.3) is 5.91 Å². The lowest BCUT2D eigenvalue weighted by Gasteiger charge is -2.28. The van der Waals surface area contributed by atoms with E-state index >= 15 is 0 Å². The van der Waals surface area contributed by atoms with Gasteiger partial charge in [-0.15, -0.1) is 0 Å². The molecule has 6 nitrogen and oxygen atoms in total. The van der Waals surface area contributed by atoms with Crippen LogP contribution in [0.2, 0.25) is 0 Å². The third-order valence-electron chi connectivity index (χ3n) is 5.01. The van der Waals surface area contributed by atoms with Crippen LogP contribution in [0.1, 0.15) is 29.6 Å². The minimum atomic E-state index is -0.252. The summed E-state index contributed by atoms with van der Waals surface area (Å²) in [4.78, 5) is 15.1. The number of ether oxygens (including phenoxy) is 1. The number of rotatable bonds is 5. The van der Waals surface area contributed by atoms with E-state index in [-0.39, 0.29) is 5.91 Å². The lowest BCUT2D eigenvalue weighted by atomic mass is 10.1. The Morgan fingerprint density at radius 2 is 1.75 bits per heavy atom. The van der Waals surface area contributed by atoms with Gasteiger partial charge in [0.05, 0.1) is 13.3 Å². The maximum atomic E-state index is 12.7. The number of anilines is 2. The SMILES string of the molecule is COc1ccc(-c2oncc2C(=O)Nc2ccc(N3CCCCC3)cc2)cc1. The van der Waals surface area contributed by atoms with Crippen molar-refractivity contribution in [3.63, 3.8) is 0 Å². The van der Waals surface area contributed by atoms with E-state index in [1.807, 2.05) is 36.4 Å². The molecule has 28 heavy (non-hydrogen) atoms. The van der Waals surface area contributed by atoms with Crippen molar-refractivity contribution in [3.05, 3.63) is 60.3 Å². The van der Waals surface area contributed by atoms with Gasteiger partial charge in [-0.25, -0.2) is 0 Å². The number of carbonyl (C=O) groups is 1. The number of nitrogens with one attached hydrogen (secondary N) is 1. The summed E-state index contributed by atoms with van der Waals surface area (Å²) >= 11 is 0. The van der Waals surface area contributed by atoms with Crippen molar-refractivity contribution >= 4 is 17.3 Å². The molecule has 1 amide bonds. The van der Waals surface area contributed by atoms with Gasteiger partial charge in [0, 0.05) is 30.0 Å². The monoisotopic (exact) mass is 377 g/mol. The predicted molar refractivity (Wildman–Crippen MR) is 109 cm³/mol. The van der Waals surface area contributed by atoms with E-state index in [0.29, 0.717) is 11.3 Å². The number of aromatic nitrogens is 1. The van der Waals surface area contributed by atoms with E-state index in [1.54, 1.807) is 7.11 Å². The molecule has 0 saturated carbocycles. The van der Waals surface area contributed by atoms with Gasteiger partial charge in [0.2, 0.25) is 0 Å². The van der Waals surface area contributed by atoms with Gasteiger partial charge in [0.1, 0.15) is 11.3 Å². The second kappa shape index (κ2) is 8.17. The van der Waals surface area contributed by atoms with Gasteiger partial charge in [-0.3, -0.25) is 4.79 Å². The van der Waals surface area contributed by atoms with Crippen LogP contribution in [0.3, 0.4) is 0 Å². The Labute approximate surface area is 164 Å². The fourth-order valence-electron chi connectivity index (χ4n) is 3.46. The molecule has 1 fully saturated rings. The summed E-state index contributed by atoms with van der Waals surface area (Å²) in [5.74, 6) is 0.922. The molecule has 0 bridgehead atoms. The zero-order chi connectivity index (χ0) is 19.3. The number of piperidine rings is 1. The number of methoxy groups -OCH3 is 1. The number of hydrogen-bond acceptors (Lipinski definition) is 5. The molecule has 1 N–H and O–H groups in total. The number of nitrogens with zero attached hydrogens (tertiary/aromatic N) is 2. The van der Waals surface area contributed by atoms with Gasteiger partial charge in [-0.05, 0) is 67.8 Å². The van der Waals surface area contributed by atoms with E-state index in [1.165, 1.54) is 31.1 Å². The van der Waals surface area contributed by atoms with Crippen LogP contribution in [0.15, 0.2) is 59.3 Å². The minimum Gasteiger partial charge on any atom is -0.497 e. The number of benzene rings is 2. The molecule has 0 aliphatic carbocycles. The normalized spacial score (nSPS) is 14.0. The maximum absolute atomic E-state index is 12.7. The molecule has 6 heteroatoms. The van der Waals surface area contributed by atoms with Crippen molar-refractivity contribution < 1.29 is 14.1 Å². The summed E-state index contributed by atoms with van der Waals surface area (Å²) in [6.07, 6.45) is 5.22. The Bertz CT molecular complexity index is 926. The van der Waals surface area contributed by atoms with Crippen molar-refractivity contribution in [1.29, 1.82) is 0 Å². The molecule has 1 aromatic heterocycles. The molecule has 0 spiro atoms. The first kappa shape index (κ1) is 18.1. The van der Waals surface area contributed by atoms with Crippen LogP contribution < -0.4 is 15.0 Å². The molecule has 3 aromatic rings. The van der Waals surface area contributed by atoms with Crippen LogP contribution in [0.25, 0.3) is 11.3 Å². The van der Waals surface area contributed by atoms with Crippen LogP contribution in [-0.4, -0.2) is 31.3 Å². The van der Waals surface area contributed by atoms with Crippen molar-refractivity contribution in [2.24, 2.45) is 0 Å². The lowest BCUT2D eigenvalue weighted by molar-refractivity contribution is 0.102. The first-order valence-electron chi connectivity index (χ1n) is 9.50. The Balaban J connectivity index is 1.47. The summed E-state index contributed by atoms with van der Waals surface area (Å²) in [6, 6.07) is 15.3. The lowest BCUT2D eigenvalue weighted by Crippen LogP contribution is -2.29. The number of carbonyl (C=O) groups excluding carboxylic acids is 1. The van der Waals surface area contributed by atoms with Crippen molar-refractivity contribution in [1.82, 2.24) is 5.16 Å². The molecule has 2 aromatic carbocycles. The quantitative estimate of drug-likeness (QED) is 0.704. The maximum Gasteiger partial charge on any atom is 0.261 e. The molecular weight excluding hydrogens is 354 g/mol. The summed E-state index contributed by atoms with van der Waals surface area (Å²) in [5, 5.41) is 6.73. The van der Waals surface area contributed by atoms with E-state index in [9.17, 15) is 4.79 Å². The Kier molecular flexibility index (Phi) is 5.28. The zero-order valence-electron chi connectivity index (χ0n) is 15.9. The number of hydrogen-bond donors (Lipinski definition) is 1. The van der Waals surface area contributed by atoms with Crippen LogP contribution >= 0.6 is 0 Å². The Hall–Kier alpha value is -3.28. The summed E-state index contributed by atoms with van der Waals surface area (Å²) < 4.78 is 10.5. The van der Waals surface area contributed by atoms with E-state index < -0.39 is 0 Å². The minimum absolute atomic E-state index is 0.252. The van der Waals surface area contributed by atoms with Crippen molar-refractivity contribution in [2.75, 3.05) is 30.4 Å². The highest BCUT2D eigenvalue weighted by molar-refractivity contribution is 6.07. The van der Waals surface area contributed by atoms with Gasteiger partial charge < -0.3 is 19.5 Å². The second-order valence-electron chi connectivity index (χ2n) is 6.85. The summed E-state index contributed by atoms with van der Waals surface area (Å²) in [7, 11) is 1.61. The Morgan fingerprint density at radius 3 is 2.43 bits per heavy atom. The van der Waals surface area contributed by atoms with Crippen LogP contribution in [0, 0.1) is 0 Å². The van der Waals surface area contributed by atoms with Crippen LogP contribution in [-0.2, 0) is 0 Å². The van der Waals surface area contributed by atoms with Gasteiger partial charge in [0.15, 0.2) is 5.76 Å². The van der Waals surface area contributed by atoms with E-state index in [2.05, 4.69) is 27.5 Å². The zero-order valence-corrected chi connectivity index (χ0v) is 15.9. The summed E-state index contributed by atoms with van der Waals surface area (Å²) in [6.45, 7) is 2.19. The molecule has 0 unspecified atom stereocenters. The number of amides is 1. The topological polar surface area (TPSA) is 67.6 Å². The molecule has 1 aliphatic rings. The second-order valence-corrected chi connectivity index (χ2v) is 6.85. The first-order chi connectivity index (χ1) is 13.7. The first-order valence-corrected chi connectivity index (χ1v) is 9.50. The largest absolute Gasteiger partial charge is 0.497 e. The van der Waals surface area contributed by atoms with Crippen LogP contribution in [0.5, 0.6) is 5.75 Å². The highest BCUT2D eigenvalue weighted by Crippen LogP contribution is 2.27. The van der Waals surface area contributed by atoms with Crippen LogP contribution in [0.4, 0.5) is 11.4 Å². The average molecular weight is 377 g/mol. The molecule has 4 rings (SSSR count). The van der Waals surface area contributed by atoms with Gasteiger partial charge in [-0.2, -0.15) is 0 Å². The molecule has 1 aliphatic heterocycles.